The summed E-state index contributed by atoms with van der Waals surface area (Å²) in [6, 6.07) is 15.8. The van der Waals surface area contributed by atoms with Crippen molar-refractivity contribution in [3.63, 3.8) is 0 Å². The number of likely N-dealkylation sites (N-methyl/N-ethyl adjacent to an activating group) is 1. The lowest BCUT2D eigenvalue weighted by Gasteiger charge is -2.23. The van der Waals surface area contributed by atoms with Crippen LogP contribution in [0.15, 0.2) is 48.5 Å². The third-order valence-electron chi connectivity index (χ3n) is 4.35. The zero-order chi connectivity index (χ0) is 17.8. The number of aryl methyl sites for hydroxylation is 1. The van der Waals surface area contributed by atoms with E-state index in [2.05, 4.69) is 18.0 Å². The van der Waals surface area contributed by atoms with E-state index in [9.17, 15) is 4.79 Å². The molecule has 25 heavy (non-hydrogen) atoms. The summed E-state index contributed by atoms with van der Waals surface area (Å²) >= 11 is 1.63. The fourth-order valence-electron chi connectivity index (χ4n) is 2.63. The Morgan fingerprint density at radius 1 is 1.20 bits per heavy atom. The van der Waals surface area contributed by atoms with Crippen LogP contribution in [0.4, 0.5) is 0 Å². The van der Waals surface area contributed by atoms with Crippen molar-refractivity contribution in [2.24, 2.45) is 0 Å². The predicted octanol–water partition coefficient (Wildman–Crippen LogP) is 4.46. The molecule has 5 heteroatoms. The maximum absolute atomic E-state index is 12.5. The standard InChI is InChI=1S/C20H22N2O2S/c1-4-15-9-5-7-11-17(15)24-13-19(23)22(3)14(2)20-21-16-10-6-8-12-18(16)25-20/h5-12,14H,4,13H2,1-3H3/t14-/m1/s1. The second kappa shape index (κ2) is 7.66. The Balaban J connectivity index is 1.67. The molecule has 2 aromatic carbocycles. The third-order valence-corrected chi connectivity index (χ3v) is 5.55. The number of carbonyl (C=O) groups is 1. The van der Waals surface area contributed by atoms with Gasteiger partial charge in [-0.25, -0.2) is 4.98 Å². The summed E-state index contributed by atoms with van der Waals surface area (Å²) in [5, 5.41) is 0.936. The van der Waals surface area contributed by atoms with Gasteiger partial charge in [0.1, 0.15) is 10.8 Å². The number of hydrogen-bond acceptors (Lipinski definition) is 4. The molecule has 1 amide bonds. The molecule has 1 heterocycles. The number of ether oxygens (including phenoxy) is 1. The molecule has 0 fully saturated rings. The molecular formula is C20H22N2O2S. The Morgan fingerprint density at radius 3 is 2.68 bits per heavy atom. The fourth-order valence-corrected chi connectivity index (χ4v) is 3.69. The van der Waals surface area contributed by atoms with Gasteiger partial charge in [0.05, 0.1) is 16.3 Å². The first-order valence-corrected chi connectivity index (χ1v) is 9.23. The summed E-state index contributed by atoms with van der Waals surface area (Å²) < 4.78 is 6.89. The van der Waals surface area contributed by atoms with Gasteiger partial charge in [-0.2, -0.15) is 0 Å². The van der Waals surface area contributed by atoms with Gasteiger partial charge in [-0.3, -0.25) is 4.79 Å². The van der Waals surface area contributed by atoms with Crippen LogP contribution in [0.3, 0.4) is 0 Å². The lowest BCUT2D eigenvalue weighted by molar-refractivity contribution is -0.134. The van der Waals surface area contributed by atoms with Crippen LogP contribution in [0.5, 0.6) is 5.75 Å². The number of carbonyl (C=O) groups excluding carboxylic acids is 1. The molecule has 0 radical (unpaired) electrons. The van der Waals surface area contributed by atoms with Gasteiger partial charge in [-0.05, 0) is 37.1 Å². The van der Waals surface area contributed by atoms with E-state index >= 15 is 0 Å². The molecule has 130 valence electrons. The van der Waals surface area contributed by atoms with E-state index in [-0.39, 0.29) is 18.6 Å². The SMILES string of the molecule is CCc1ccccc1OCC(=O)N(C)[C@H](C)c1nc2ccccc2s1. The Morgan fingerprint density at radius 2 is 1.92 bits per heavy atom. The van der Waals surface area contributed by atoms with Gasteiger partial charge in [0.15, 0.2) is 6.61 Å². The Hall–Kier alpha value is -2.40. The van der Waals surface area contributed by atoms with E-state index in [4.69, 9.17) is 4.74 Å². The van der Waals surface area contributed by atoms with Gasteiger partial charge < -0.3 is 9.64 Å². The van der Waals surface area contributed by atoms with Crippen molar-refractivity contribution in [1.29, 1.82) is 0 Å². The van der Waals surface area contributed by atoms with E-state index in [1.54, 1.807) is 23.3 Å². The predicted molar refractivity (Wildman–Crippen MR) is 102 cm³/mol. The molecule has 0 unspecified atom stereocenters. The van der Waals surface area contributed by atoms with E-state index in [1.165, 1.54) is 0 Å². The molecule has 3 aromatic rings. The van der Waals surface area contributed by atoms with Crippen LogP contribution in [0, 0.1) is 0 Å². The van der Waals surface area contributed by atoms with Crippen molar-refractivity contribution >= 4 is 27.5 Å². The van der Waals surface area contributed by atoms with Gasteiger partial charge in [0.25, 0.3) is 5.91 Å². The van der Waals surface area contributed by atoms with Gasteiger partial charge in [0, 0.05) is 7.05 Å². The monoisotopic (exact) mass is 354 g/mol. The lowest BCUT2D eigenvalue weighted by atomic mass is 10.1. The number of hydrogen-bond donors (Lipinski definition) is 0. The molecule has 0 saturated carbocycles. The van der Waals surface area contributed by atoms with Crippen LogP contribution in [0.25, 0.3) is 10.2 Å². The van der Waals surface area contributed by atoms with Crippen molar-refractivity contribution in [1.82, 2.24) is 9.88 Å². The van der Waals surface area contributed by atoms with Gasteiger partial charge in [0.2, 0.25) is 0 Å². The van der Waals surface area contributed by atoms with E-state index in [0.29, 0.717) is 0 Å². The van der Waals surface area contributed by atoms with Crippen LogP contribution >= 0.6 is 11.3 Å². The molecule has 0 aliphatic carbocycles. The molecule has 1 atom stereocenters. The van der Waals surface area contributed by atoms with Crippen LogP contribution in [0.1, 0.15) is 30.5 Å². The number of fused-ring (bicyclic) bond motifs is 1. The highest BCUT2D eigenvalue weighted by Gasteiger charge is 2.21. The highest BCUT2D eigenvalue weighted by molar-refractivity contribution is 7.18. The Labute approximate surface area is 152 Å². The summed E-state index contributed by atoms with van der Waals surface area (Å²) in [5.74, 6) is 0.719. The van der Waals surface area contributed by atoms with E-state index < -0.39 is 0 Å². The van der Waals surface area contributed by atoms with Crippen LogP contribution in [-0.2, 0) is 11.2 Å². The first-order chi connectivity index (χ1) is 12.1. The molecule has 3 rings (SSSR count). The van der Waals surface area contributed by atoms with Crippen molar-refractivity contribution in [2.45, 2.75) is 26.3 Å². The van der Waals surface area contributed by atoms with Gasteiger partial charge >= 0.3 is 0 Å². The number of para-hydroxylation sites is 2. The Kier molecular flexibility index (Phi) is 5.34. The second-order valence-corrected chi connectivity index (χ2v) is 7.01. The molecule has 0 N–H and O–H groups in total. The number of amides is 1. The molecule has 0 aliphatic rings. The number of rotatable bonds is 6. The maximum Gasteiger partial charge on any atom is 0.260 e. The summed E-state index contributed by atoms with van der Waals surface area (Å²) in [5.41, 5.74) is 2.08. The maximum atomic E-state index is 12.5. The highest BCUT2D eigenvalue weighted by atomic mass is 32.1. The van der Waals surface area contributed by atoms with Gasteiger partial charge in [-0.1, -0.05) is 37.3 Å². The lowest BCUT2D eigenvalue weighted by Crippen LogP contribution is -2.33. The average Bonchev–Trinajstić information content (AvgIpc) is 3.09. The Bertz CT molecular complexity index is 842. The number of benzene rings is 2. The summed E-state index contributed by atoms with van der Waals surface area (Å²) in [4.78, 5) is 18.9. The first kappa shape index (κ1) is 17.4. The zero-order valence-corrected chi connectivity index (χ0v) is 15.5. The smallest absolute Gasteiger partial charge is 0.260 e. The van der Waals surface area contributed by atoms with Gasteiger partial charge in [-0.15, -0.1) is 11.3 Å². The van der Waals surface area contributed by atoms with Crippen LogP contribution in [0.2, 0.25) is 0 Å². The second-order valence-electron chi connectivity index (χ2n) is 5.95. The fraction of sp³-hybridized carbons (Fsp3) is 0.300. The van der Waals surface area contributed by atoms with E-state index in [1.807, 2.05) is 49.4 Å². The highest BCUT2D eigenvalue weighted by Crippen LogP contribution is 2.29. The molecule has 0 aliphatic heterocycles. The van der Waals surface area contributed by atoms with Crippen LogP contribution in [-0.4, -0.2) is 29.4 Å². The number of nitrogens with zero attached hydrogens (tertiary/aromatic N) is 2. The summed E-state index contributed by atoms with van der Waals surface area (Å²) in [6.07, 6.45) is 0.877. The third kappa shape index (κ3) is 3.82. The minimum Gasteiger partial charge on any atom is -0.483 e. The largest absolute Gasteiger partial charge is 0.483 e. The summed E-state index contributed by atoms with van der Waals surface area (Å²) in [6.45, 7) is 4.10. The van der Waals surface area contributed by atoms with Crippen molar-refractivity contribution in [3.05, 3.63) is 59.1 Å². The minimum atomic E-state index is -0.0880. The normalized spacial score (nSPS) is 12.1. The summed E-state index contributed by atoms with van der Waals surface area (Å²) in [7, 11) is 1.80. The van der Waals surface area contributed by atoms with Crippen LogP contribution < -0.4 is 4.74 Å². The molecule has 0 bridgehead atoms. The number of aromatic nitrogens is 1. The average molecular weight is 354 g/mol. The first-order valence-electron chi connectivity index (χ1n) is 8.42. The number of thiazole rings is 1. The van der Waals surface area contributed by atoms with Crippen molar-refractivity contribution in [3.8, 4) is 5.75 Å². The topological polar surface area (TPSA) is 42.4 Å². The molecule has 1 aromatic heterocycles. The van der Waals surface area contributed by atoms with Crippen molar-refractivity contribution < 1.29 is 9.53 Å². The molecular weight excluding hydrogens is 332 g/mol. The van der Waals surface area contributed by atoms with Crippen molar-refractivity contribution in [2.75, 3.05) is 13.7 Å². The molecule has 0 saturated heterocycles. The minimum absolute atomic E-state index is 0.0305. The quantitative estimate of drug-likeness (QED) is 0.656. The van der Waals surface area contributed by atoms with E-state index in [0.717, 1.165) is 33.0 Å². The molecule has 4 nitrogen and oxygen atoms in total. The molecule has 0 spiro atoms. The zero-order valence-electron chi connectivity index (χ0n) is 14.7.